The highest BCUT2D eigenvalue weighted by molar-refractivity contribution is 7.91. The van der Waals surface area contributed by atoms with E-state index in [1.54, 1.807) is 0 Å². The van der Waals surface area contributed by atoms with E-state index in [1.165, 1.54) is 4.90 Å². The molecule has 1 N–H and O–H groups in total. The highest BCUT2D eigenvalue weighted by Crippen LogP contribution is 2.27. The van der Waals surface area contributed by atoms with Crippen LogP contribution in [0.25, 0.3) is 0 Å². The van der Waals surface area contributed by atoms with Gasteiger partial charge in [-0.2, -0.15) is 5.10 Å². The summed E-state index contributed by atoms with van der Waals surface area (Å²) >= 11 is 12.6. The van der Waals surface area contributed by atoms with Crippen LogP contribution < -0.4 is 4.90 Å². The van der Waals surface area contributed by atoms with E-state index in [9.17, 15) is 8.42 Å². The monoisotopic (exact) mass is 416 g/mol. The Kier molecular flexibility index (Phi) is 5.68. The number of aromatic nitrogens is 2. The zero-order chi connectivity index (χ0) is 19.1. The van der Waals surface area contributed by atoms with Crippen molar-refractivity contribution in [1.82, 2.24) is 9.78 Å². The maximum Gasteiger partial charge on any atom is 0.152 e. The Bertz CT molecular complexity index is 905. The first-order chi connectivity index (χ1) is 12.2. The molecule has 0 aliphatic carbocycles. The summed E-state index contributed by atoms with van der Waals surface area (Å²) in [6, 6.07) is 5.50. The van der Waals surface area contributed by atoms with Crippen molar-refractivity contribution in [1.29, 1.82) is 0 Å². The van der Waals surface area contributed by atoms with Crippen LogP contribution in [0.4, 0.5) is 0 Å². The molecule has 1 aliphatic rings. The maximum atomic E-state index is 11.8. The Labute approximate surface area is 164 Å². The third-order valence-electron chi connectivity index (χ3n) is 5.05. The van der Waals surface area contributed by atoms with Crippen molar-refractivity contribution in [3.63, 3.8) is 0 Å². The Morgan fingerprint density at radius 2 is 1.81 bits per heavy atom. The molecule has 0 bridgehead atoms. The summed E-state index contributed by atoms with van der Waals surface area (Å²) in [5.41, 5.74) is 4.11. The second-order valence-corrected chi connectivity index (χ2v) is 10.2. The lowest BCUT2D eigenvalue weighted by Crippen LogP contribution is -3.06. The van der Waals surface area contributed by atoms with Gasteiger partial charge in [-0.1, -0.05) is 29.3 Å². The molecule has 0 spiro atoms. The molecule has 1 saturated heterocycles. The molecule has 2 aromatic rings. The fourth-order valence-corrected chi connectivity index (χ4v) is 5.87. The minimum absolute atomic E-state index is 0.0502. The molecule has 0 amide bonds. The van der Waals surface area contributed by atoms with Crippen LogP contribution in [0, 0.1) is 13.8 Å². The topological polar surface area (TPSA) is 56.4 Å². The van der Waals surface area contributed by atoms with Crippen LogP contribution in [-0.2, 0) is 22.9 Å². The highest BCUT2D eigenvalue weighted by atomic mass is 35.5. The zero-order valence-electron chi connectivity index (χ0n) is 15.2. The first-order valence-electron chi connectivity index (χ1n) is 8.67. The normalized spacial score (nSPS) is 20.4. The maximum absolute atomic E-state index is 11.8. The average Bonchev–Trinajstić information content (AvgIpc) is 3.05. The standard InChI is InChI=1S/C18H23Cl2N3O2S/c1-12-15(9-22(3)10-16-17(19)5-4-6-18(16)20)13(2)23(21-12)14-7-8-26(24,25)11-14/h4-6,14H,7-11H2,1-3H3/p+1/t14-/m0/s1. The van der Waals surface area contributed by atoms with E-state index >= 15 is 0 Å². The molecule has 8 heteroatoms. The number of nitrogens with one attached hydrogen (secondary N) is 1. The van der Waals surface area contributed by atoms with Crippen molar-refractivity contribution in [2.75, 3.05) is 18.6 Å². The summed E-state index contributed by atoms with van der Waals surface area (Å²) < 4.78 is 25.5. The van der Waals surface area contributed by atoms with Gasteiger partial charge in [0.15, 0.2) is 9.84 Å². The second-order valence-electron chi connectivity index (χ2n) is 7.16. The number of halogens is 2. The summed E-state index contributed by atoms with van der Waals surface area (Å²) in [6.07, 6.45) is 0.641. The van der Waals surface area contributed by atoms with Crippen LogP contribution in [0.2, 0.25) is 10.0 Å². The summed E-state index contributed by atoms with van der Waals surface area (Å²) in [7, 11) is -0.839. The average molecular weight is 417 g/mol. The Morgan fingerprint density at radius 3 is 2.38 bits per heavy atom. The van der Waals surface area contributed by atoms with Crippen LogP contribution >= 0.6 is 23.2 Å². The summed E-state index contributed by atoms with van der Waals surface area (Å²) in [6.45, 7) is 5.49. The molecule has 1 unspecified atom stereocenters. The lowest BCUT2D eigenvalue weighted by Gasteiger charge is -2.17. The van der Waals surface area contributed by atoms with Gasteiger partial charge in [0.05, 0.1) is 45.9 Å². The molecule has 1 aromatic carbocycles. The van der Waals surface area contributed by atoms with Gasteiger partial charge in [-0.3, -0.25) is 4.68 Å². The zero-order valence-corrected chi connectivity index (χ0v) is 17.5. The molecular formula is C18H24Cl2N3O2S+. The van der Waals surface area contributed by atoms with E-state index in [1.807, 2.05) is 36.7 Å². The van der Waals surface area contributed by atoms with Crippen LogP contribution in [0.1, 0.15) is 35.0 Å². The van der Waals surface area contributed by atoms with E-state index in [4.69, 9.17) is 23.2 Å². The van der Waals surface area contributed by atoms with Crippen molar-refractivity contribution >= 4 is 33.0 Å². The molecule has 1 aliphatic heterocycles. The van der Waals surface area contributed by atoms with Crippen molar-refractivity contribution in [2.24, 2.45) is 0 Å². The van der Waals surface area contributed by atoms with Gasteiger partial charge < -0.3 is 4.90 Å². The van der Waals surface area contributed by atoms with E-state index < -0.39 is 9.84 Å². The van der Waals surface area contributed by atoms with Crippen molar-refractivity contribution in [3.8, 4) is 0 Å². The molecule has 5 nitrogen and oxygen atoms in total. The van der Waals surface area contributed by atoms with Crippen LogP contribution in [0.5, 0.6) is 0 Å². The van der Waals surface area contributed by atoms with Gasteiger partial charge in [-0.25, -0.2) is 8.42 Å². The van der Waals surface area contributed by atoms with Crippen LogP contribution in [-0.4, -0.2) is 36.8 Å². The number of hydrogen-bond acceptors (Lipinski definition) is 3. The summed E-state index contributed by atoms with van der Waals surface area (Å²) in [5, 5.41) is 6.00. The molecule has 142 valence electrons. The summed E-state index contributed by atoms with van der Waals surface area (Å²) in [4.78, 5) is 1.24. The minimum atomic E-state index is -2.93. The molecule has 0 radical (unpaired) electrons. The van der Waals surface area contributed by atoms with E-state index in [-0.39, 0.29) is 17.5 Å². The number of rotatable bonds is 5. The SMILES string of the molecule is Cc1nn([C@H]2CCS(=O)(=O)C2)c(C)c1C[NH+](C)Cc1c(Cl)cccc1Cl. The van der Waals surface area contributed by atoms with Crippen LogP contribution in [0.15, 0.2) is 18.2 Å². The first-order valence-corrected chi connectivity index (χ1v) is 11.2. The predicted molar refractivity (Wildman–Crippen MR) is 105 cm³/mol. The molecule has 1 aromatic heterocycles. The largest absolute Gasteiger partial charge is 0.330 e. The number of quaternary nitrogens is 1. The third-order valence-corrected chi connectivity index (χ3v) is 7.51. The smallest absolute Gasteiger partial charge is 0.152 e. The van der Waals surface area contributed by atoms with Gasteiger partial charge in [0.2, 0.25) is 0 Å². The number of nitrogens with zero attached hydrogens (tertiary/aromatic N) is 2. The molecule has 2 atom stereocenters. The van der Waals surface area contributed by atoms with Gasteiger partial charge in [0.25, 0.3) is 0 Å². The minimum Gasteiger partial charge on any atom is -0.330 e. The fourth-order valence-electron chi connectivity index (χ4n) is 3.64. The van der Waals surface area contributed by atoms with E-state index in [2.05, 4.69) is 12.1 Å². The second kappa shape index (κ2) is 7.50. The Hall–Kier alpha value is -1.08. The van der Waals surface area contributed by atoms with Crippen LogP contribution in [0.3, 0.4) is 0 Å². The molecule has 26 heavy (non-hydrogen) atoms. The number of sulfone groups is 1. The molecule has 1 fully saturated rings. The number of hydrogen-bond donors (Lipinski definition) is 1. The first kappa shape index (κ1) is 19.7. The number of aryl methyl sites for hydroxylation is 1. The van der Waals surface area contributed by atoms with Gasteiger partial charge in [-0.05, 0) is 32.4 Å². The predicted octanol–water partition coefficient (Wildman–Crippen LogP) is 2.38. The highest BCUT2D eigenvalue weighted by Gasteiger charge is 2.31. The van der Waals surface area contributed by atoms with Crippen molar-refractivity contribution < 1.29 is 13.3 Å². The van der Waals surface area contributed by atoms with Gasteiger partial charge in [-0.15, -0.1) is 0 Å². The number of benzene rings is 1. The fraction of sp³-hybridized carbons (Fsp3) is 0.500. The molecule has 3 rings (SSSR count). The van der Waals surface area contributed by atoms with Gasteiger partial charge in [0, 0.05) is 11.3 Å². The third kappa shape index (κ3) is 4.09. The lowest BCUT2D eigenvalue weighted by atomic mass is 10.1. The van der Waals surface area contributed by atoms with E-state index in [0.717, 1.165) is 29.1 Å². The van der Waals surface area contributed by atoms with E-state index in [0.29, 0.717) is 23.0 Å². The van der Waals surface area contributed by atoms with Gasteiger partial charge >= 0.3 is 0 Å². The lowest BCUT2D eigenvalue weighted by molar-refractivity contribution is -0.907. The summed E-state index contributed by atoms with van der Waals surface area (Å²) in [5.74, 6) is 0.438. The van der Waals surface area contributed by atoms with Crippen molar-refractivity contribution in [2.45, 2.75) is 39.4 Å². The van der Waals surface area contributed by atoms with Gasteiger partial charge in [0.1, 0.15) is 13.1 Å². The molecular weight excluding hydrogens is 393 g/mol. The van der Waals surface area contributed by atoms with Crippen molar-refractivity contribution in [3.05, 3.63) is 50.8 Å². The molecule has 2 heterocycles. The molecule has 0 saturated carbocycles. The quantitative estimate of drug-likeness (QED) is 0.813. The Balaban J connectivity index is 1.78. The Morgan fingerprint density at radius 1 is 1.19 bits per heavy atom.